The van der Waals surface area contributed by atoms with Crippen LogP contribution in [0.1, 0.15) is 21.5 Å². The minimum Gasteiger partial charge on any atom is -0.398 e. The Hall–Kier alpha value is -1.53. The summed E-state index contributed by atoms with van der Waals surface area (Å²) in [7, 11) is 0. The molecule has 0 fully saturated rings. The number of hydrogen-bond donors (Lipinski definition) is 1. The molecule has 0 saturated carbocycles. The van der Waals surface area contributed by atoms with E-state index < -0.39 is 0 Å². The van der Waals surface area contributed by atoms with Gasteiger partial charge < -0.3 is 5.73 Å². The number of carbonyl (C=O) groups is 1. The Morgan fingerprint density at radius 3 is 2.79 bits per heavy atom. The van der Waals surface area contributed by atoms with Crippen LogP contribution in [0.15, 0.2) is 12.1 Å². The van der Waals surface area contributed by atoms with E-state index in [0.29, 0.717) is 11.3 Å². The molecule has 0 spiro atoms. The number of nitrogen functional groups attached to an aromatic ring is 1. The molecular weight excluding hydrogens is 200 g/mol. The zero-order valence-electron chi connectivity index (χ0n) is 7.67. The molecule has 0 bridgehead atoms. The molecule has 0 aromatic heterocycles. The highest BCUT2D eigenvalue weighted by molar-refractivity contribution is 6.30. The van der Waals surface area contributed by atoms with Crippen LogP contribution < -0.4 is 5.73 Å². The number of alkyl halides is 1. The first-order valence-corrected chi connectivity index (χ1v) is 4.53. The van der Waals surface area contributed by atoms with Crippen molar-refractivity contribution in [2.24, 2.45) is 0 Å². The third-order valence-electron chi connectivity index (χ3n) is 1.85. The fourth-order valence-electron chi connectivity index (χ4n) is 1.23. The second-order valence-electron chi connectivity index (χ2n) is 2.95. The third kappa shape index (κ3) is 1.86. The van der Waals surface area contributed by atoms with Gasteiger partial charge in [-0.25, -0.2) is 0 Å². The van der Waals surface area contributed by atoms with Gasteiger partial charge in [0, 0.05) is 5.56 Å². The van der Waals surface area contributed by atoms with Gasteiger partial charge in [-0.3, -0.25) is 4.79 Å². The first-order chi connectivity index (χ1) is 6.60. The van der Waals surface area contributed by atoms with E-state index in [-0.39, 0.29) is 17.2 Å². The summed E-state index contributed by atoms with van der Waals surface area (Å²) in [5, 5.41) is 8.81. The Balaban J connectivity index is 3.41. The maximum atomic E-state index is 11.4. The Kier molecular flexibility index (Phi) is 3.10. The SMILES string of the molecule is Cc1cc(N)c(C#N)c(C(=O)CCl)c1. The average Bonchev–Trinajstić information content (AvgIpc) is 2.15. The van der Waals surface area contributed by atoms with Crippen molar-refractivity contribution < 1.29 is 4.79 Å². The van der Waals surface area contributed by atoms with Gasteiger partial charge in [-0.05, 0) is 24.6 Å². The first-order valence-electron chi connectivity index (χ1n) is 3.99. The number of Topliss-reactive ketones (excluding diaryl/α,β-unsaturated/α-hetero) is 1. The summed E-state index contributed by atoms with van der Waals surface area (Å²) in [6, 6.07) is 5.18. The summed E-state index contributed by atoms with van der Waals surface area (Å²) in [5.74, 6) is -0.420. The monoisotopic (exact) mass is 208 g/mol. The Bertz CT molecular complexity index is 421. The number of anilines is 1. The van der Waals surface area contributed by atoms with E-state index >= 15 is 0 Å². The van der Waals surface area contributed by atoms with Gasteiger partial charge in [0.05, 0.1) is 17.1 Å². The summed E-state index contributed by atoms with van der Waals surface area (Å²) in [4.78, 5) is 11.4. The maximum Gasteiger partial charge on any atom is 0.178 e. The number of nitrogens with two attached hydrogens (primary N) is 1. The quantitative estimate of drug-likeness (QED) is 0.458. The fourth-order valence-corrected chi connectivity index (χ4v) is 1.38. The Labute approximate surface area is 87.1 Å². The zero-order chi connectivity index (χ0) is 10.7. The molecule has 2 N–H and O–H groups in total. The number of carbonyl (C=O) groups excluding carboxylic acids is 1. The van der Waals surface area contributed by atoms with E-state index in [1.54, 1.807) is 12.1 Å². The van der Waals surface area contributed by atoms with Crippen LogP contribution in [0.4, 0.5) is 5.69 Å². The van der Waals surface area contributed by atoms with Crippen LogP contribution in [0.25, 0.3) is 0 Å². The number of rotatable bonds is 2. The number of ketones is 1. The molecule has 1 aromatic carbocycles. The normalized spacial score (nSPS) is 9.50. The molecule has 0 aliphatic heterocycles. The average molecular weight is 209 g/mol. The molecule has 0 aliphatic carbocycles. The molecule has 3 nitrogen and oxygen atoms in total. The summed E-state index contributed by atoms with van der Waals surface area (Å²) in [6.07, 6.45) is 0. The van der Waals surface area contributed by atoms with Crippen molar-refractivity contribution in [2.75, 3.05) is 11.6 Å². The van der Waals surface area contributed by atoms with Crippen LogP contribution in [0, 0.1) is 18.3 Å². The van der Waals surface area contributed by atoms with E-state index in [1.807, 2.05) is 13.0 Å². The number of nitrogens with zero attached hydrogens (tertiary/aromatic N) is 1. The summed E-state index contributed by atoms with van der Waals surface area (Å²) in [5.41, 5.74) is 7.29. The van der Waals surface area contributed by atoms with Crippen LogP contribution in [0.5, 0.6) is 0 Å². The summed E-state index contributed by atoms with van der Waals surface area (Å²) >= 11 is 5.42. The number of nitriles is 1. The molecule has 0 aliphatic rings. The second kappa shape index (κ2) is 4.12. The molecule has 1 rings (SSSR count). The predicted octanol–water partition coefficient (Wildman–Crippen LogP) is 1.87. The molecule has 0 atom stereocenters. The van der Waals surface area contributed by atoms with Gasteiger partial charge in [-0.15, -0.1) is 11.6 Å². The molecule has 0 saturated heterocycles. The zero-order valence-corrected chi connectivity index (χ0v) is 8.43. The van der Waals surface area contributed by atoms with E-state index in [4.69, 9.17) is 22.6 Å². The molecule has 4 heteroatoms. The van der Waals surface area contributed by atoms with Crippen molar-refractivity contribution in [3.8, 4) is 6.07 Å². The lowest BCUT2D eigenvalue weighted by atomic mass is 10.0. The fraction of sp³-hybridized carbons (Fsp3) is 0.200. The highest BCUT2D eigenvalue weighted by Crippen LogP contribution is 2.19. The van der Waals surface area contributed by atoms with Crippen LogP contribution in [0.3, 0.4) is 0 Å². The van der Waals surface area contributed by atoms with Crippen molar-refractivity contribution in [3.05, 3.63) is 28.8 Å². The van der Waals surface area contributed by atoms with Gasteiger partial charge in [0.1, 0.15) is 6.07 Å². The Morgan fingerprint density at radius 1 is 1.64 bits per heavy atom. The van der Waals surface area contributed by atoms with Gasteiger partial charge in [0.25, 0.3) is 0 Å². The Morgan fingerprint density at radius 2 is 2.29 bits per heavy atom. The molecular formula is C10H9ClN2O. The van der Waals surface area contributed by atoms with Gasteiger partial charge >= 0.3 is 0 Å². The van der Waals surface area contributed by atoms with Crippen molar-refractivity contribution in [1.29, 1.82) is 5.26 Å². The molecule has 0 radical (unpaired) electrons. The van der Waals surface area contributed by atoms with E-state index in [0.717, 1.165) is 5.56 Å². The smallest absolute Gasteiger partial charge is 0.178 e. The standard InChI is InChI=1S/C10H9ClN2O/c1-6-2-7(10(14)4-11)8(5-12)9(13)3-6/h2-3H,4,13H2,1H3. The maximum absolute atomic E-state index is 11.4. The number of halogens is 1. The minimum atomic E-state index is -0.279. The molecule has 0 unspecified atom stereocenters. The largest absolute Gasteiger partial charge is 0.398 e. The van der Waals surface area contributed by atoms with Crippen LogP contribution >= 0.6 is 11.6 Å². The van der Waals surface area contributed by atoms with Crippen LogP contribution in [-0.4, -0.2) is 11.7 Å². The topological polar surface area (TPSA) is 66.9 Å². The molecule has 0 amide bonds. The number of hydrogen-bond acceptors (Lipinski definition) is 3. The molecule has 14 heavy (non-hydrogen) atoms. The number of aryl methyl sites for hydroxylation is 1. The second-order valence-corrected chi connectivity index (χ2v) is 3.21. The van der Waals surface area contributed by atoms with Gasteiger partial charge in [0.2, 0.25) is 0 Å². The predicted molar refractivity (Wildman–Crippen MR) is 55.4 cm³/mol. The lowest BCUT2D eigenvalue weighted by molar-refractivity contribution is 0.102. The van der Waals surface area contributed by atoms with E-state index in [9.17, 15) is 4.79 Å². The van der Waals surface area contributed by atoms with E-state index in [2.05, 4.69) is 0 Å². The summed E-state index contributed by atoms with van der Waals surface area (Å²) in [6.45, 7) is 1.81. The molecule has 0 heterocycles. The minimum absolute atomic E-state index is 0.141. The van der Waals surface area contributed by atoms with Crippen LogP contribution in [0.2, 0.25) is 0 Å². The summed E-state index contributed by atoms with van der Waals surface area (Å²) < 4.78 is 0. The van der Waals surface area contributed by atoms with Gasteiger partial charge in [0.15, 0.2) is 5.78 Å². The van der Waals surface area contributed by atoms with E-state index in [1.165, 1.54) is 0 Å². The van der Waals surface area contributed by atoms with Crippen molar-refractivity contribution in [2.45, 2.75) is 6.92 Å². The highest BCUT2D eigenvalue weighted by atomic mass is 35.5. The highest BCUT2D eigenvalue weighted by Gasteiger charge is 2.13. The first kappa shape index (κ1) is 10.6. The van der Waals surface area contributed by atoms with Crippen LogP contribution in [-0.2, 0) is 0 Å². The third-order valence-corrected chi connectivity index (χ3v) is 2.09. The molecule has 72 valence electrons. The number of benzene rings is 1. The van der Waals surface area contributed by atoms with Crippen molar-refractivity contribution in [3.63, 3.8) is 0 Å². The molecule has 1 aromatic rings. The van der Waals surface area contributed by atoms with Gasteiger partial charge in [-0.1, -0.05) is 0 Å². The van der Waals surface area contributed by atoms with Crippen molar-refractivity contribution >= 4 is 23.1 Å². The lowest BCUT2D eigenvalue weighted by Crippen LogP contribution is -2.06. The van der Waals surface area contributed by atoms with Gasteiger partial charge in [-0.2, -0.15) is 5.26 Å². The lowest BCUT2D eigenvalue weighted by Gasteiger charge is -2.05. The van der Waals surface area contributed by atoms with Crippen molar-refractivity contribution in [1.82, 2.24) is 0 Å².